The number of hydrogen-bond acceptors (Lipinski definition) is 2. The van der Waals surface area contributed by atoms with Gasteiger partial charge in [0.1, 0.15) is 5.82 Å². The van der Waals surface area contributed by atoms with Crippen molar-refractivity contribution in [1.29, 1.82) is 0 Å². The van der Waals surface area contributed by atoms with E-state index in [-0.39, 0.29) is 19.0 Å². The van der Waals surface area contributed by atoms with Crippen LogP contribution in [0.2, 0.25) is 0 Å². The van der Waals surface area contributed by atoms with Gasteiger partial charge in [-0.15, -0.1) is 0 Å². The van der Waals surface area contributed by atoms with Gasteiger partial charge in [0, 0.05) is 19.6 Å². The Labute approximate surface area is 136 Å². The van der Waals surface area contributed by atoms with E-state index in [2.05, 4.69) is 5.32 Å². The van der Waals surface area contributed by atoms with Crippen molar-refractivity contribution in [1.82, 2.24) is 10.2 Å². The maximum Gasteiger partial charge on any atom is 0.417 e. The van der Waals surface area contributed by atoms with E-state index in [9.17, 15) is 27.2 Å². The van der Waals surface area contributed by atoms with Gasteiger partial charge in [0.2, 0.25) is 5.91 Å². The Morgan fingerprint density at radius 3 is 2.67 bits per heavy atom. The first-order chi connectivity index (χ1) is 11.2. The Kier molecular flexibility index (Phi) is 5.46. The number of nitrogens with one attached hydrogen (secondary N) is 1. The fourth-order valence-electron chi connectivity index (χ4n) is 2.80. The van der Waals surface area contributed by atoms with E-state index in [1.807, 2.05) is 0 Å². The van der Waals surface area contributed by atoms with Gasteiger partial charge < -0.3 is 10.2 Å². The van der Waals surface area contributed by atoms with E-state index in [1.54, 1.807) is 6.92 Å². The fraction of sp³-hybridized carbons (Fsp3) is 0.500. The molecule has 1 atom stereocenters. The van der Waals surface area contributed by atoms with E-state index in [1.165, 1.54) is 4.90 Å². The van der Waals surface area contributed by atoms with Crippen molar-refractivity contribution in [3.63, 3.8) is 0 Å². The first-order valence-electron chi connectivity index (χ1n) is 7.67. The van der Waals surface area contributed by atoms with Crippen molar-refractivity contribution in [2.24, 2.45) is 5.92 Å². The Balaban J connectivity index is 2.24. The van der Waals surface area contributed by atoms with Crippen molar-refractivity contribution in [3.8, 4) is 0 Å². The van der Waals surface area contributed by atoms with Crippen LogP contribution in [0.3, 0.4) is 0 Å². The summed E-state index contributed by atoms with van der Waals surface area (Å²) in [6.07, 6.45) is -3.73. The molecule has 1 heterocycles. The lowest BCUT2D eigenvalue weighted by atomic mass is 9.95. The molecule has 24 heavy (non-hydrogen) atoms. The van der Waals surface area contributed by atoms with Crippen LogP contribution in [0, 0.1) is 11.7 Å². The highest BCUT2D eigenvalue weighted by atomic mass is 19.4. The van der Waals surface area contributed by atoms with E-state index in [0.717, 1.165) is 12.1 Å². The van der Waals surface area contributed by atoms with Crippen LogP contribution in [0.25, 0.3) is 0 Å². The van der Waals surface area contributed by atoms with Crippen molar-refractivity contribution in [3.05, 3.63) is 35.1 Å². The molecule has 0 aliphatic carbocycles. The van der Waals surface area contributed by atoms with Gasteiger partial charge in [0.25, 0.3) is 5.91 Å². The molecule has 0 radical (unpaired) electrons. The van der Waals surface area contributed by atoms with Gasteiger partial charge >= 0.3 is 6.18 Å². The van der Waals surface area contributed by atoms with Crippen LogP contribution >= 0.6 is 0 Å². The summed E-state index contributed by atoms with van der Waals surface area (Å²) in [5.74, 6) is -2.56. The van der Waals surface area contributed by atoms with Gasteiger partial charge in [-0.05, 0) is 38.0 Å². The molecule has 132 valence electrons. The molecular formula is C16H18F4N2O2. The molecule has 0 spiro atoms. The first kappa shape index (κ1) is 18.2. The van der Waals surface area contributed by atoms with Crippen LogP contribution < -0.4 is 5.32 Å². The fourth-order valence-corrected chi connectivity index (χ4v) is 2.80. The third-order valence-electron chi connectivity index (χ3n) is 3.95. The highest BCUT2D eigenvalue weighted by Crippen LogP contribution is 2.33. The monoisotopic (exact) mass is 346 g/mol. The molecule has 0 bridgehead atoms. The summed E-state index contributed by atoms with van der Waals surface area (Å²) < 4.78 is 52.3. The number of piperidine rings is 1. The van der Waals surface area contributed by atoms with Gasteiger partial charge in [0.05, 0.1) is 17.0 Å². The molecule has 1 saturated heterocycles. The van der Waals surface area contributed by atoms with Crippen LogP contribution in [0.5, 0.6) is 0 Å². The lowest BCUT2D eigenvalue weighted by Gasteiger charge is -2.32. The lowest BCUT2D eigenvalue weighted by molar-refractivity contribution is -0.138. The number of amides is 2. The quantitative estimate of drug-likeness (QED) is 0.856. The number of nitrogens with zero attached hydrogens (tertiary/aromatic N) is 1. The summed E-state index contributed by atoms with van der Waals surface area (Å²) >= 11 is 0. The summed E-state index contributed by atoms with van der Waals surface area (Å²) in [5.41, 5.74) is -1.90. The summed E-state index contributed by atoms with van der Waals surface area (Å²) in [6, 6.07) is 1.99. The second kappa shape index (κ2) is 7.19. The number of alkyl halides is 3. The van der Waals surface area contributed by atoms with Crippen LogP contribution in [-0.2, 0) is 11.0 Å². The minimum Gasteiger partial charge on any atom is -0.356 e. The van der Waals surface area contributed by atoms with Crippen molar-refractivity contribution in [2.75, 3.05) is 19.6 Å². The molecule has 1 N–H and O–H groups in total. The van der Waals surface area contributed by atoms with Gasteiger partial charge in [-0.2, -0.15) is 13.2 Å². The molecule has 2 amide bonds. The smallest absolute Gasteiger partial charge is 0.356 e. The minimum absolute atomic E-state index is 0.0549. The number of likely N-dealkylation sites (tertiary alicyclic amines) is 1. The van der Waals surface area contributed by atoms with Crippen LogP contribution in [0.4, 0.5) is 17.6 Å². The van der Waals surface area contributed by atoms with Gasteiger partial charge in [0.15, 0.2) is 0 Å². The maximum atomic E-state index is 13.2. The number of carbonyl (C=O) groups is 2. The maximum absolute atomic E-state index is 13.2. The Hall–Kier alpha value is -2.12. The van der Waals surface area contributed by atoms with Crippen molar-refractivity contribution in [2.45, 2.75) is 25.9 Å². The zero-order chi connectivity index (χ0) is 17.9. The third-order valence-corrected chi connectivity index (χ3v) is 3.95. The van der Waals surface area contributed by atoms with Crippen LogP contribution in [0.1, 0.15) is 35.7 Å². The number of rotatable bonds is 3. The highest BCUT2D eigenvalue weighted by Gasteiger charge is 2.38. The molecule has 1 aromatic carbocycles. The van der Waals surface area contributed by atoms with Crippen LogP contribution in [-0.4, -0.2) is 36.3 Å². The molecule has 1 aromatic rings. The number of hydrogen-bond donors (Lipinski definition) is 1. The standard InChI is InChI=1S/C16H18F4N2O2/c1-2-21-14(23)10-4-3-7-22(9-10)15(24)12-6-5-11(17)8-13(12)16(18,19)20/h5-6,8,10H,2-4,7,9H2,1H3,(H,21,23)/t10-/m1/s1. The van der Waals surface area contributed by atoms with E-state index in [4.69, 9.17) is 0 Å². The SMILES string of the molecule is CCNC(=O)[C@@H]1CCCN(C(=O)c2ccc(F)cc2C(F)(F)F)C1. The molecule has 0 aromatic heterocycles. The average Bonchev–Trinajstić information content (AvgIpc) is 2.53. The normalized spacial score (nSPS) is 18.4. The van der Waals surface area contributed by atoms with Crippen molar-refractivity contribution >= 4 is 11.8 Å². The molecule has 2 rings (SSSR count). The van der Waals surface area contributed by atoms with E-state index in [0.29, 0.717) is 25.5 Å². The Morgan fingerprint density at radius 1 is 1.33 bits per heavy atom. The first-order valence-corrected chi connectivity index (χ1v) is 7.67. The zero-order valence-electron chi connectivity index (χ0n) is 13.1. The van der Waals surface area contributed by atoms with Gasteiger partial charge in [-0.3, -0.25) is 9.59 Å². The third kappa shape index (κ3) is 4.04. The summed E-state index contributed by atoms with van der Waals surface area (Å²) in [5, 5.41) is 2.65. The molecule has 1 fully saturated rings. The highest BCUT2D eigenvalue weighted by molar-refractivity contribution is 5.96. The van der Waals surface area contributed by atoms with E-state index < -0.39 is 34.9 Å². The van der Waals surface area contributed by atoms with Gasteiger partial charge in [-0.1, -0.05) is 0 Å². The summed E-state index contributed by atoms with van der Waals surface area (Å²) in [6.45, 7) is 2.53. The van der Waals surface area contributed by atoms with Crippen molar-refractivity contribution < 1.29 is 27.2 Å². The van der Waals surface area contributed by atoms with Crippen LogP contribution in [0.15, 0.2) is 18.2 Å². The molecule has 1 aliphatic heterocycles. The molecule has 0 unspecified atom stereocenters. The second-order valence-corrected chi connectivity index (χ2v) is 5.67. The van der Waals surface area contributed by atoms with E-state index >= 15 is 0 Å². The topological polar surface area (TPSA) is 49.4 Å². The predicted octanol–water partition coefficient (Wildman–Crippen LogP) is 2.83. The lowest BCUT2D eigenvalue weighted by Crippen LogP contribution is -2.45. The Bertz CT molecular complexity index is 631. The largest absolute Gasteiger partial charge is 0.417 e. The molecule has 0 saturated carbocycles. The average molecular weight is 346 g/mol. The number of carbonyl (C=O) groups excluding carboxylic acids is 2. The number of benzene rings is 1. The summed E-state index contributed by atoms with van der Waals surface area (Å²) in [7, 11) is 0. The summed E-state index contributed by atoms with van der Waals surface area (Å²) in [4.78, 5) is 25.6. The minimum atomic E-state index is -4.83. The Morgan fingerprint density at radius 2 is 2.04 bits per heavy atom. The molecular weight excluding hydrogens is 328 g/mol. The molecule has 8 heteroatoms. The van der Waals surface area contributed by atoms with Gasteiger partial charge in [-0.25, -0.2) is 4.39 Å². The molecule has 4 nitrogen and oxygen atoms in total. The predicted molar refractivity (Wildman–Crippen MR) is 78.7 cm³/mol. The second-order valence-electron chi connectivity index (χ2n) is 5.67. The zero-order valence-corrected chi connectivity index (χ0v) is 13.1. The number of halogens is 4. The molecule has 1 aliphatic rings.